The van der Waals surface area contributed by atoms with Gasteiger partial charge >= 0.3 is 5.69 Å². The molecule has 0 aliphatic rings. The molecule has 0 saturated carbocycles. The molecule has 0 unspecified atom stereocenters. The summed E-state index contributed by atoms with van der Waals surface area (Å²) >= 11 is 0. The van der Waals surface area contributed by atoms with Crippen molar-refractivity contribution in [3.05, 3.63) is 51.3 Å². The second-order valence-electron chi connectivity index (χ2n) is 5.76. The summed E-state index contributed by atoms with van der Waals surface area (Å²) in [5.41, 5.74) is 2.47. The number of nitro groups is 1. The molecule has 0 fully saturated rings. The van der Waals surface area contributed by atoms with Crippen LogP contribution in [0.15, 0.2) is 24.3 Å². The van der Waals surface area contributed by atoms with E-state index < -0.39 is 4.92 Å². The zero-order valence-corrected chi connectivity index (χ0v) is 13.7. The van der Waals surface area contributed by atoms with Gasteiger partial charge in [0.05, 0.1) is 4.92 Å². The van der Waals surface area contributed by atoms with Crippen LogP contribution >= 0.6 is 0 Å². The molecule has 122 valence electrons. The van der Waals surface area contributed by atoms with E-state index in [4.69, 9.17) is 0 Å². The van der Waals surface area contributed by atoms with Gasteiger partial charge in [0.2, 0.25) is 5.91 Å². The molecular formula is C16H20N4O3. The molecule has 0 spiro atoms. The highest BCUT2D eigenvalue weighted by Gasteiger charge is 2.22. The van der Waals surface area contributed by atoms with Gasteiger partial charge in [0.15, 0.2) is 0 Å². The van der Waals surface area contributed by atoms with Crippen LogP contribution in [0.3, 0.4) is 0 Å². The second-order valence-corrected chi connectivity index (χ2v) is 5.76. The Balaban J connectivity index is 2.13. The Labute approximate surface area is 134 Å². The maximum absolute atomic E-state index is 12.2. The molecule has 1 N–H and O–H groups in total. The molecule has 2 rings (SSSR count). The van der Waals surface area contributed by atoms with Gasteiger partial charge in [-0.05, 0) is 37.5 Å². The second kappa shape index (κ2) is 6.60. The molecule has 7 heteroatoms. The number of carbonyl (C=O) groups excluding carboxylic acids is 1. The minimum Gasteiger partial charge on any atom is -0.324 e. The van der Waals surface area contributed by atoms with Gasteiger partial charge in [-0.1, -0.05) is 26.0 Å². The van der Waals surface area contributed by atoms with Crippen molar-refractivity contribution in [2.24, 2.45) is 0 Å². The lowest BCUT2D eigenvalue weighted by atomic mass is 10.0. The molecule has 0 aliphatic carbocycles. The van der Waals surface area contributed by atoms with Crippen LogP contribution in [0.5, 0.6) is 0 Å². The number of hydrogen-bond acceptors (Lipinski definition) is 4. The lowest BCUT2D eigenvalue weighted by Crippen LogP contribution is -2.20. The molecule has 0 saturated heterocycles. The first-order valence-electron chi connectivity index (χ1n) is 7.37. The Bertz CT molecular complexity index is 750. The van der Waals surface area contributed by atoms with Gasteiger partial charge in [0, 0.05) is 5.69 Å². The van der Waals surface area contributed by atoms with Crippen LogP contribution in [0, 0.1) is 24.0 Å². The van der Waals surface area contributed by atoms with Crippen molar-refractivity contribution in [1.82, 2.24) is 9.78 Å². The summed E-state index contributed by atoms with van der Waals surface area (Å²) in [6.07, 6.45) is 0. The summed E-state index contributed by atoms with van der Waals surface area (Å²) in [6.45, 7) is 7.24. The first-order valence-corrected chi connectivity index (χ1v) is 7.37. The van der Waals surface area contributed by atoms with Crippen molar-refractivity contribution in [3.63, 3.8) is 0 Å². The maximum atomic E-state index is 12.2. The van der Waals surface area contributed by atoms with Crippen LogP contribution in [-0.4, -0.2) is 20.6 Å². The van der Waals surface area contributed by atoms with Gasteiger partial charge in [0.1, 0.15) is 17.9 Å². The third-order valence-corrected chi connectivity index (χ3v) is 3.66. The molecule has 1 heterocycles. The molecule has 1 aromatic heterocycles. The summed E-state index contributed by atoms with van der Waals surface area (Å²) in [5, 5.41) is 17.9. The van der Waals surface area contributed by atoms with E-state index in [2.05, 4.69) is 24.3 Å². The minimum atomic E-state index is -0.474. The van der Waals surface area contributed by atoms with Gasteiger partial charge in [0.25, 0.3) is 0 Å². The van der Waals surface area contributed by atoms with Crippen molar-refractivity contribution in [2.75, 3.05) is 5.32 Å². The fraction of sp³-hybridized carbons (Fsp3) is 0.375. The van der Waals surface area contributed by atoms with E-state index in [9.17, 15) is 14.9 Å². The lowest BCUT2D eigenvalue weighted by molar-refractivity contribution is -0.386. The van der Waals surface area contributed by atoms with Crippen molar-refractivity contribution in [3.8, 4) is 0 Å². The molecule has 0 aliphatic heterocycles. The first kappa shape index (κ1) is 16.7. The lowest BCUT2D eigenvalue weighted by Gasteiger charge is -2.10. The zero-order valence-electron chi connectivity index (χ0n) is 13.7. The number of nitrogens with one attached hydrogen (secondary N) is 1. The van der Waals surface area contributed by atoms with Gasteiger partial charge in [-0.15, -0.1) is 0 Å². The monoisotopic (exact) mass is 316 g/mol. The van der Waals surface area contributed by atoms with Crippen molar-refractivity contribution in [1.29, 1.82) is 0 Å². The van der Waals surface area contributed by atoms with Crippen molar-refractivity contribution >= 4 is 17.3 Å². The number of anilines is 1. The molecule has 1 aromatic carbocycles. The van der Waals surface area contributed by atoms with Gasteiger partial charge in [-0.3, -0.25) is 19.6 Å². The van der Waals surface area contributed by atoms with Crippen LogP contribution in [0.25, 0.3) is 0 Å². The molecule has 0 radical (unpaired) electrons. The molecular weight excluding hydrogens is 296 g/mol. The summed E-state index contributed by atoms with van der Waals surface area (Å²) in [4.78, 5) is 22.7. The zero-order chi connectivity index (χ0) is 17.1. The Kier molecular flexibility index (Phi) is 4.78. The Morgan fingerprint density at radius 1 is 1.39 bits per heavy atom. The van der Waals surface area contributed by atoms with Crippen LogP contribution < -0.4 is 5.32 Å². The summed E-state index contributed by atoms with van der Waals surface area (Å²) in [6, 6.07) is 7.63. The Morgan fingerprint density at radius 3 is 2.65 bits per heavy atom. The number of benzene rings is 1. The fourth-order valence-electron chi connectivity index (χ4n) is 2.42. The number of nitrogens with zero attached hydrogens (tertiary/aromatic N) is 3. The topological polar surface area (TPSA) is 90.1 Å². The van der Waals surface area contributed by atoms with E-state index in [1.54, 1.807) is 13.8 Å². The largest absolute Gasteiger partial charge is 0.324 e. The average Bonchev–Trinajstić information content (AvgIpc) is 2.73. The molecule has 0 bridgehead atoms. The van der Waals surface area contributed by atoms with E-state index in [0.29, 0.717) is 23.0 Å². The van der Waals surface area contributed by atoms with Crippen LogP contribution in [-0.2, 0) is 11.3 Å². The van der Waals surface area contributed by atoms with Gasteiger partial charge in [-0.2, -0.15) is 5.10 Å². The number of hydrogen-bond donors (Lipinski definition) is 1. The van der Waals surface area contributed by atoms with E-state index in [1.165, 1.54) is 4.68 Å². The molecule has 2 aromatic rings. The standard InChI is InChI=1S/C16H20N4O3/c1-10(2)13-6-5-7-14(8-13)17-15(21)9-19-12(4)16(20(22)23)11(3)18-19/h5-8,10H,9H2,1-4H3,(H,17,21). The van der Waals surface area contributed by atoms with Gasteiger partial charge < -0.3 is 5.32 Å². The van der Waals surface area contributed by atoms with Crippen molar-refractivity contribution in [2.45, 2.75) is 40.2 Å². The smallest absolute Gasteiger partial charge is 0.312 e. The highest BCUT2D eigenvalue weighted by molar-refractivity contribution is 5.90. The van der Waals surface area contributed by atoms with Crippen LogP contribution in [0.2, 0.25) is 0 Å². The fourth-order valence-corrected chi connectivity index (χ4v) is 2.42. The molecule has 7 nitrogen and oxygen atoms in total. The van der Waals surface area contributed by atoms with E-state index in [1.807, 2.05) is 24.3 Å². The Morgan fingerprint density at radius 2 is 2.09 bits per heavy atom. The third kappa shape index (κ3) is 3.74. The minimum absolute atomic E-state index is 0.0420. The first-order chi connectivity index (χ1) is 10.8. The van der Waals surface area contributed by atoms with Gasteiger partial charge in [-0.25, -0.2) is 0 Å². The third-order valence-electron chi connectivity index (χ3n) is 3.66. The summed E-state index contributed by atoms with van der Waals surface area (Å²) in [7, 11) is 0. The quantitative estimate of drug-likeness (QED) is 0.677. The summed E-state index contributed by atoms with van der Waals surface area (Å²) < 4.78 is 1.36. The van der Waals surface area contributed by atoms with E-state index >= 15 is 0 Å². The highest BCUT2D eigenvalue weighted by atomic mass is 16.6. The van der Waals surface area contributed by atoms with E-state index in [0.717, 1.165) is 5.56 Å². The average molecular weight is 316 g/mol. The normalized spacial score (nSPS) is 10.8. The number of aromatic nitrogens is 2. The predicted molar refractivity (Wildman–Crippen MR) is 87.5 cm³/mol. The number of aryl methyl sites for hydroxylation is 1. The van der Waals surface area contributed by atoms with E-state index in [-0.39, 0.29) is 18.1 Å². The maximum Gasteiger partial charge on any atom is 0.312 e. The van der Waals surface area contributed by atoms with Crippen LogP contribution in [0.1, 0.15) is 36.7 Å². The molecule has 1 amide bonds. The molecule has 23 heavy (non-hydrogen) atoms. The summed E-state index contributed by atoms with van der Waals surface area (Å²) in [5.74, 6) is 0.0944. The van der Waals surface area contributed by atoms with Crippen LogP contribution in [0.4, 0.5) is 11.4 Å². The SMILES string of the molecule is Cc1nn(CC(=O)Nc2cccc(C(C)C)c2)c(C)c1[N+](=O)[O-]. The molecule has 0 atom stereocenters. The number of amides is 1. The predicted octanol–water partition coefficient (Wildman–Crippen LogP) is 3.17. The number of rotatable bonds is 5. The highest BCUT2D eigenvalue weighted by Crippen LogP contribution is 2.22. The van der Waals surface area contributed by atoms with Crippen molar-refractivity contribution < 1.29 is 9.72 Å². The Hall–Kier alpha value is -2.70. The number of carbonyl (C=O) groups is 1.